The van der Waals surface area contributed by atoms with Crippen LogP contribution in [0.5, 0.6) is 0 Å². The van der Waals surface area contributed by atoms with Crippen molar-refractivity contribution in [2.24, 2.45) is 0 Å². The van der Waals surface area contributed by atoms with E-state index in [9.17, 15) is 19.2 Å². The summed E-state index contributed by atoms with van der Waals surface area (Å²) in [6.07, 6.45) is 2.78. The van der Waals surface area contributed by atoms with Crippen molar-refractivity contribution < 1.29 is 22.8 Å². The molecule has 1 fully saturated rings. The molecule has 49 heavy (non-hydrogen) atoms. The van der Waals surface area contributed by atoms with Gasteiger partial charge in [0.2, 0.25) is 5.91 Å². The fraction of sp³-hybridized carbons (Fsp3) is 0.306. The normalized spacial score (nSPS) is 17.7. The number of pyridine rings is 2. The molecule has 0 aliphatic carbocycles. The van der Waals surface area contributed by atoms with E-state index in [1.165, 1.54) is 33.6 Å². The summed E-state index contributed by atoms with van der Waals surface area (Å²) < 4.78 is 41.0. The maximum Gasteiger partial charge on any atom is 0.417 e. The number of H-pyrrole nitrogens is 1. The van der Waals surface area contributed by atoms with Gasteiger partial charge in [0.1, 0.15) is 17.5 Å². The largest absolute Gasteiger partial charge is 0.417 e. The Morgan fingerprint density at radius 1 is 1.06 bits per heavy atom. The summed E-state index contributed by atoms with van der Waals surface area (Å²) in [6.45, 7) is 12.7. The van der Waals surface area contributed by atoms with Crippen LogP contribution in [0.2, 0.25) is 0 Å². The maximum absolute atomic E-state index is 17.7. The number of carbonyl (C=O) groups is 2. The molecule has 7 rings (SSSR count). The number of fused-ring (bicyclic) bond motifs is 6. The number of aryl methyl sites for hydroxylation is 2. The molecular weight excluding hydrogens is 634 g/mol. The maximum atomic E-state index is 17.7. The van der Waals surface area contributed by atoms with Crippen LogP contribution in [0.15, 0.2) is 57.1 Å². The highest BCUT2D eigenvalue weighted by Crippen LogP contribution is 2.46. The average molecular weight is 669 g/mol. The summed E-state index contributed by atoms with van der Waals surface area (Å²) in [4.78, 5) is 65.4. The molecule has 0 spiro atoms. The molecule has 2 atom stereocenters. The molecule has 3 aromatic heterocycles. The number of piperazine rings is 1. The van der Waals surface area contributed by atoms with Crippen molar-refractivity contribution in [1.82, 2.24) is 19.4 Å². The number of nitrogens with one attached hydrogen (secondary N) is 1. The Bertz CT molecular complexity index is 2390. The number of anilines is 2. The topological polar surface area (TPSA) is 125 Å². The number of hydrogen-bond donors (Lipinski definition) is 1. The van der Waals surface area contributed by atoms with Crippen molar-refractivity contribution in [3.63, 3.8) is 0 Å². The van der Waals surface area contributed by atoms with Crippen molar-refractivity contribution in [3.05, 3.63) is 92.5 Å². The minimum Gasteiger partial charge on any atom is -0.407 e. The number of halogens is 2. The molecule has 0 saturated carbocycles. The number of hydrogen-bond acceptors (Lipinski definition) is 7. The van der Waals surface area contributed by atoms with Gasteiger partial charge in [-0.05, 0) is 62.1 Å². The van der Waals surface area contributed by atoms with E-state index < -0.39 is 46.5 Å². The summed E-state index contributed by atoms with van der Waals surface area (Å²) in [6, 6.07) is 4.70. The van der Waals surface area contributed by atoms with Gasteiger partial charge in [0.25, 0.3) is 11.5 Å². The SMILES string of the molecule is C=CC(=O)N1CC2C(=O)N(C)c3c(c4cc(F)c(-c5c(C)ccc6[nH]c(=O)oc56)c(F)c4n(-c4c(C)ccnc4C(C)C)c3=O)N2CC1C. The molecule has 5 aromatic rings. The first-order valence-electron chi connectivity index (χ1n) is 15.9. The molecule has 5 heterocycles. The number of rotatable bonds is 4. The fourth-order valence-corrected chi connectivity index (χ4v) is 7.38. The molecule has 0 bridgehead atoms. The van der Waals surface area contributed by atoms with Gasteiger partial charge in [-0.25, -0.2) is 13.6 Å². The van der Waals surface area contributed by atoms with Crippen LogP contribution in [0.4, 0.5) is 20.2 Å². The molecule has 252 valence electrons. The Morgan fingerprint density at radius 3 is 2.49 bits per heavy atom. The molecular formula is C36H34F2N6O5. The molecule has 2 aliphatic rings. The van der Waals surface area contributed by atoms with E-state index in [0.717, 1.165) is 0 Å². The Hall–Kier alpha value is -5.59. The van der Waals surface area contributed by atoms with Gasteiger partial charge in [-0.1, -0.05) is 26.5 Å². The number of benzene rings is 2. The smallest absolute Gasteiger partial charge is 0.407 e. The standard InChI is InChI=1S/C36H34F2N6O5/c1-8-24(45)42-15-23-34(46)41(7)32-31(43(23)14-19(42)6)20-13-21(37)26(25-17(4)9-10-22-33(25)49-36(48)40-22)27(38)30(20)44(35(32)47)29-18(5)11-12-39-28(29)16(2)3/h8-13,16,19,23H,1,14-15H2,2-7H3,(H,40,48). The summed E-state index contributed by atoms with van der Waals surface area (Å²) in [7, 11) is 1.45. The predicted octanol–water partition coefficient (Wildman–Crippen LogP) is 5.07. The molecule has 11 nitrogen and oxygen atoms in total. The van der Waals surface area contributed by atoms with Gasteiger partial charge in [0.05, 0.1) is 40.2 Å². The first-order valence-corrected chi connectivity index (χ1v) is 15.9. The zero-order chi connectivity index (χ0) is 35.2. The van der Waals surface area contributed by atoms with Crippen LogP contribution >= 0.6 is 0 Å². The number of carbonyl (C=O) groups excluding carboxylic acids is 2. The molecule has 2 aromatic carbocycles. The second-order valence-corrected chi connectivity index (χ2v) is 13.1. The molecule has 2 aliphatic heterocycles. The molecule has 13 heteroatoms. The van der Waals surface area contributed by atoms with E-state index in [1.54, 1.807) is 50.1 Å². The van der Waals surface area contributed by atoms with Gasteiger partial charge in [0.15, 0.2) is 11.4 Å². The van der Waals surface area contributed by atoms with E-state index in [4.69, 9.17) is 4.42 Å². The lowest BCUT2D eigenvalue weighted by atomic mass is 9.93. The van der Waals surface area contributed by atoms with Gasteiger partial charge < -0.3 is 19.1 Å². The molecule has 1 N–H and O–H groups in total. The monoisotopic (exact) mass is 668 g/mol. The first kappa shape index (κ1) is 32.0. The number of aromatic nitrogens is 3. The van der Waals surface area contributed by atoms with Crippen LogP contribution in [0.3, 0.4) is 0 Å². The second-order valence-electron chi connectivity index (χ2n) is 13.1. The van der Waals surface area contributed by atoms with Crippen molar-refractivity contribution in [3.8, 4) is 16.8 Å². The van der Waals surface area contributed by atoms with Crippen LogP contribution in [0, 0.1) is 25.5 Å². The Kier molecular flexibility index (Phi) is 7.34. The first-order chi connectivity index (χ1) is 23.3. The van der Waals surface area contributed by atoms with Gasteiger partial charge in [-0.3, -0.25) is 28.9 Å². The zero-order valence-electron chi connectivity index (χ0n) is 27.9. The minimum absolute atomic E-state index is 0.0187. The van der Waals surface area contributed by atoms with Crippen LogP contribution < -0.4 is 21.1 Å². The van der Waals surface area contributed by atoms with Gasteiger partial charge in [0, 0.05) is 36.8 Å². The second kappa shape index (κ2) is 11.2. The lowest BCUT2D eigenvalue weighted by molar-refractivity contribution is -0.130. The third-order valence-electron chi connectivity index (χ3n) is 9.71. The number of amides is 2. The van der Waals surface area contributed by atoms with Crippen LogP contribution in [-0.4, -0.2) is 63.5 Å². The van der Waals surface area contributed by atoms with Crippen molar-refractivity contribution in [2.75, 3.05) is 29.9 Å². The summed E-state index contributed by atoms with van der Waals surface area (Å²) in [5.74, 6) is -3.82. The average Bonchev–Trinajstić information content (AvgIpc) is 3.44. The molecule has 0 radical (unpaired) electrons. The highest BCUT2D eigenvalue weighted by Gasteiger charge is 2.46. The van der Waals surface area contributed by atoms with E-state index >= 15 is 8.78 Å². The van der Waals surface area contributed by atoms with E-state index in [0.29, 0.717) is 22.5 Å². The number of oxazole rings is 1. The van der Waals surface area contributed by atoms with Crippen LogP contribution in [0.25, 0.3) is 38.8 Å². The van der Waals surface area contributed by atoms with Crippen molar-refractivity contribution in [2.45, 2.75) is 52.6 Å². The quantitative estimate of drug-likeness (QED) is 0.265. The van der Waals surface area contributed by atoms with Gasteiger partial charge >= 0.3 is 5.76 Å². The molecule has 2 unspecified atom stereocenters. The van der Waals surface area contributed by atoms with Gasteiger partial charge in [-0.15, -0.1) is 0 Å². The van der Waals surface area contributed by atoms with Gasteiger partial charge in [-0.2, -0.15) is 0 Å². The number of nitrogens with zero attached hydrogens (tertiary/aromatic N) is 5. The molecule has 2 amide bonds. The van der Waals surface area contributed by atoms with E-state index in [-0.39, 0.29) is 63.9 Å². The third kappa shape index (κ3) is 4.55. The Labute approximate surface area is 279 Å². The van der Waals surface area contributed by atoms with Crippen LogP contribution in [-0.2, 0) is 9.59 Å². The molecule has 1 saturated heterocycles. The number of likely N-dealkylation sites (N-methyl/N-ethyl adjacent to an activating group) is 1. The lowest BCUT2D eigenvalue weighted by Gasteiger charge is -2.50. The van der Waals surface area contributed by atoms with Crippen LogP contribution in [0.1, 0.15) is 43.5 Å². The predicted molar refractivity (Wildman–Crippen MR) is 183 cm³/mol. The number of aromatic amines is 1. The highest BCUT2D eigenvalue weighted by molar-refractivity contribution is 6.13. The zero-order valence-corrected chi connectivity index (χ0v) is 27.9. The van der Waals surface area contributed by atoms with E-state index in [1.807, 2.05) is 13.8 Å². The Balaban J connectivity index is 1.66. The third-order valence-corrected chi connectivity index (χ3v) is 9.71. The van der Waals surface area contributed by atoms with E-state index in [2.05, 4.69) is 16.5 Å². The highest BCUT2D eigenvalue weighted by atomic mass is 19.1. The lowest BCUT2D eigenvalue weighted by Crippen LogP contribution is -2.66. The fourth-order valence-electron chi connectivity index (χ4n) is 7.38. The summed E-state index contributed by atoms with van der Waals surface area (Å²) in [5, 5.41) is 0.0479. The summed E-state index contributed by atoms with van der Waals surface area (Å²) in [5.41, 5.74) is 0.805. The summed E-state index contributed by atoms with van der Waals surface area (Å²) >= 11 is 0. The Morgan fingerprint density at radius 2 is 1.80 bits per heavy atom. The van der Waals surface area contributed by atoms with Crippen molar-refractivity contribution >= 4 is 45.2 Å². The van der Waals surface area contributed by atoms with Crippen molar-refractivity contribution in [1.29, 1.82) is 0 Å². The minimum atomic E-state index is -1.06.